The molecule has 2 N–H and O–H groups in total. The van der Waals surface area contributed by atoms with E-state index in [1.807, 2.05) is 13.0 Å². The molecule has 2 aromatic rings. The van der Waals surface area contributed by atoms with Crippen LogP contribution in [-0.2, 0) is 26.0 Å². The molecule has 0 saturated heterocycles. The van der Waals surface area contributed by atoms with Crippen molar-refractivity contribution in [3.8, 4) is 5.75 Å². The van der Waals surface area contributed by atoms with E-state index < -0.39 is 10.0 Å². The quantitative estimate of drug-likeness (QED) is 0.650. The molecule has 0 radical (unpaired) electrons. The van der Waals surface area contributed by atoms with E-state index in [1.54, 1.807) is 36.1 Å². The molecular formula is C22H27N3O5S. The van der Waals surface area contributed by atoms with Crippen molar-refractivity contribution in [2.24, 2.45) is 0 Å². The molecule has 0 saturated carbocycles. The Balaban J connectivity index is 1.60. The minimum Gasteiger partial charge on any atom is -0.495 e. The van der Waals surface area contributed by atoms with Crippen molar-refractivity contribution in [1.82, 2.24) is 4.72 Å². The number of fused-ring (bicyclic) bond motifs is 1. The molecule has 1 aliphatic heterocycles. The average molecular weight is 446 g/mol. The number of nitrogens with zero attached hydrogens (tertiary/aromatic N) is 1. The summed E-state index contributed by atoms with van der Waals surface area (Å²) in [5.41, 5.74) is 3.10. The van der Waals surface area contributed by atoms with Gasteiger partial charge < -0.3 is 15.0 Å². The molecule has 0 aliphatic carbocycles. The summed E-state index contributed by atoms with van der Waals surface area (Å²) < 4.78 is 33.0. The maximum atomic E-state index is 12.6. The number of anilines is 2. The SMILES string of the molecule is CCC(=O)N1CCc2cc(S(=O)(=O)NCCC(=O)Nc3cc(C)ccc3OC)ccc21. The Hall–Kier alpha value is -2.91. The van der Waals surface area contributed by atoms with Crippen molar-refractivity contribution < 1.29 is 22.7 Å². The molecule has 0 bridgehead atoms. The van der Waals surface area contributed by atoms with E-state index in [0.29, 0.717) is 30.8 Å². The lowest BCUT2D eigenvalue weighted by molar-refractivity contribution is -0.118. The summed E-state index contributed by atoms with van der Waals surface area (Å²) in [6, 6.07) is 10.2. The summed E-state index contributed by atoms with van der Waals surface area (Å²) in [4.78, 5) is 26.1. The Morgan fingerprint density at radius 3 is 2.65 bits per heavy atom. The maximum absolute atomic E-state index is 12.6. The molecule has 0 unspecified atom stereocenters. The van der Waals surface area contributed by atoms with Crippen LogP contribution < -0.4 is 19.7 Å². The van der Waals surface area contributed by atoms with Crippen LogP contribution in [0.15, 0.2) is 41.3 Å². The summed E-state index contributed by atoms with van der Waals surface area (Å²) >= 11 is 0. The normalized spacial score (nSPS) is 13.1. The van der Waals surface area contributed by atoms with E-state index in [-0.39, 0.29) is 29.7 Å². The van der Waals surface area contributed by atoms with Crippen LogP contribution >= 0.6 is 0 Å². The number of rotatable bonds is 8. The second-order valence-corrected chi connectivity index (χ2v) is 9.11. The highest BCUT2D eigenvalue weighted by Crippen LogP contribution is 2.30. The first-order valence-corrected chi connectivity index (χ1v) is 11.6. The zero-order valence-electron chi connectivity index (χ0n) is 17.9. The number of methoxy groups -OCH3 is 1. The number of hydrogen-bond donors (Lipinski definition) is 2. The van der Waals surface area contributed by atoms with Gasteiger partial charge in [0.05, 0.1) is 17.7 Å². The second kappa shape index (κ2) is 9.49. The minimum absolute atomic E-state index is 0.0173. The van der Waals surface area contributed by atoms with Gasteiger partial charge in [-0.25, -0.2) is 13.1 Å². The summed E-state index contributed by atoms with van der Waals surface area (Å²) in [7, 11) is -2.26. The lowest BCUT2D eigenvalue weighted by Gasteiger charge is -2.16. The molecule has 166 valence electrons. The molecule has 3 rings (SSSR count). The highest BCUT2D eigenvalue weighted by molar-refractivity contribution is 7.89. The molecule has 2 amide bonds. The van der Waals surface area contributed by atoms with Gasteiger partial charge in [0, 0.05) is 31.6 Å². The standard InChI is InChI=1S/C22H27N3O5S/c1-4-22(27)25-12-10-16-14-17(6-7-19(16)25)31(28,29)23-11-9-21(26)24-18-13-15(2)5-8-20(18)30-3/h5-8,13-14,23H,4,9-12H2,1-3H3,(H,24,26). The molecule has 0 aromatic heterocycles. The average Bonchev–Trinajstić information content (AvgIpc) is 3.16. The summed E-state index contributed by atoms with van der Waals surface area (Å²) in [6.45, 7) is 4.22. The van der Waals surface area contributed by atoms with E-state index >= 15 is 0 Å². The lowest BCUT2D eigenvalue weighted by atomic mass is 10.2. The van der Waals surface area contributed by atoms with Crippen LogP contribution in [0.25, 0.3) is 0 Å². The number of amides is 2. The fourth-order valence-corrected chi connectivity index (χ4v) is 4.59. The Morgan fingerprint density at radius 2 is 1.94 bits per heavy atom. The lowest BCUT2D eigenvalue weighted by Crippen LogP contribution is -2.28. The van der Waals surface area contributed by atoms with Crippen LogP contribution in [0, 0.1) is 6.92 Å². The molecule has 0 fully saturated rings. The van der Waals surface area contributed by atoms with Gasteiger partial charge >= 0.3 is 0 Å². The van der Waals surface area contributed by atoms with E-state index in [4.69, 9.17) is 4.74 Å². The number of hydrogen-bond acceptors (Lipinski definition) is 5. The highest BCUT2D eigenvalue weighted by Gasteiger charge is 2.25. The summed E-state index contributed by atoms with van der Waals surface area (Å²) in [6.07, 6.45) is 0.989. The first kappa shape index (κ1) is 22.8. The number of nitrogens with one attached hydrogen (secondary N) is 2. The molecule has 2 aromatic carbocycles. The summed E-state index contributed by atoms with van der Waals surface area (Å²) in [5.74, 6) is 0.228. The van der Waals surface area contributed by atoms with E-state index in [2.05, 4.69) is 10.0 Å². The molecular weight excluding hydrogens is 418 g/mol. The zero-order chi connectivity index (χ0) is 22.6. The van der Waals surface area contributed by atoms with Gasteiger partial charge in [-0.2, -0.15) is 0 Å². The van der Waals surface area contributed by atoms with E-state index in [1.165, 1.54) is 13.2 Å². The third-order valence-corrected chi connectivity index (χ3v) is 6.59. The van der Waals surface area contributed by atoms with E-state index in [0.717, 1.165) is 16.8 Å². The smallest absolute Gasteiger partial charge is 0.240 e. The van der Waals surface area contributed by atoms with Crippen LogP contribution in [-0.4, -0.2) is 40.4 Å². The molecule has 0 spiro atoms. The molecule has 31 heavy (non-hydrogen) atoms. The predicted molar refractivity (Wildman–Crippen MR) is 119 cm³/mol. The third kappa shape index (κ3) is 5.23. The molecule has 1 aliphatic rings. The Labute approximate surface area is 182 Å². The second-order valence-electron chi connectivity index (χ2n) is 7.34. The number of carbonyl (C=O) groups is 2. The van der Waals surface area contributed by atoms with Crippen LogP contribution in [0.5, 0.6) is 5.75 Å². The maximum Gasteiger partial charge on any atom is 0.240 e. The van der Waals surface area contributed by atoms with Crippen molar-refractivity contribution in [2.75, 3.05) is 30.4 Å². The third-order valence-electron chi connectivity index (χ3n) is 5.13. The van der Waals surface area contributed by atoms with Gasteiger partial charge in [0.15, 0.2) is 0 Å². The Kier molecular flexibility index (Phi) is 6.97. The Morgan fingerprint density at radius 1 is 1.16 bits per heavy atom. The van der Waals surface area contributed by atoms with Crippen molar-refractivity contribution >= 4 is 33.2 Å². The van der Waals surface area contributed by atoms with Gasteiger partial charge in [-0.15, -0.1) is 0 Å². The van der Waals surface area contributed by atoms with Crippen molar-refractivity contribution in [3.05, 3.63) is 47.5 Å². The van der Waals surface area contributed by atoms with Gasteiger partial charge in [0.1, 0.15) is 5.75 Å². The predicted octanol–water partition coefficient (Wildman–Crippen LogP) is 2.61. The first-order valence-electron chi connectivity index (χ1n) is 10.1. The van der Waals surface area contributed by atoms with Crippen LogP contribution in [0.4, 0.5) is 11.4 Å². The molecule has 8 nitrogen and oxygen atoms in total. The molecule has 9 heteroatoms. The van der Waals surface area contributed by atoms with Crippen LogP contribution in [0.3, 0.4) is 0 Å². The Bertz CT molecular complexity index is 1100. The van der Waals surface area contributed by atoms with Crippen molar-refractivity contribution in [3.63, 3.8) is 0 Å². The fraction of sp³-hybridized carbons (Fsp3) is 0.364. The number of carbonyl (C=O) groups excluding carboxylic acids is 2. The van der Waals surface area contributed by atoms with Crippen molar-refractivity contribution in [1.29, 1.82) is 0 Å². The highest BCUT2D eigenvalue weighted by atomic mass is 32.2. The number of aryl methyl sites for hydroxylation is 1. The monoisotopic (exact) mass is 445 g/mol. The zero-order valence-corrected chi connectivity index (χ0v) is 18.7. The minimum atomic E-state index is -3.77. The molecule has 0 atom stereocenters. The van der Waals surface area contributed by atoms with Crippen LogP contribution in [0.1, 0.15) is 30.9 Å². The number of benzene rings is 2. The van der Waals surface area contributed by atoms with Crippen LogP contribution in [0.2, 0.25) is 0 Å². The van der Waals surface area contributed by atoms with Gasteiger partial charge in [0.2, 0.25) is 21.8 Å². The van der Waals surface area contributed by atoms with E-state index in [9.17, 15) is 18.0 Å². The topological polar surface area (TPSA) is 105 Å². The first-order chi connectivity index (χ1) is 14.7. The van der Waals surface area contributed by atoms with Crippen molar-refractivity contribution in [2.45, 2.75) is 38.0 Å². The largest absolute Gasteiger partial charge is 0.495 e. The van der Waals surface area contributed by atoms with Gasteiger partial charge in [-0.05, 0) is 54.8 Å². The van der Waals surface area contributed by atoms with Gasteiger partial charge in [0.25, 0.3) is 0 Å². The van der Waals surface area contributed by atoms with Gasteiger partial charge in [-0.1, -0.05) is 13.0 Å². The molecule has 1 heterocycles. The number of ether oxygens (including phenoxy) is 1. The summed E-state index contributed by atoms with van der Waals surface area (Å²) in [5, 5.41) is 2.75. The van der Waals surface area contributed by atoms with Gasteiger partial charge in [-0.3, -0.25) is 9.59 Å². The number of sulfonamides is 1. The fourth-order valence-electron chi connectivity index (χ4n) is 3.51.